The number of benzene rings is 2. The van der Waals surface area contributed by atoms with Crippen LogP contribution < -0.4 is 23.7 Å². The second-order valence-electron chi connectivity index (χ2n) is 15.4. The molecule has 0 aliphatic heterocycles. The van der Waals surface area contributed by atoms with Crippen molar-refractivity contribution in [1.82, 2.24) is 28.3 Å². The Hall–Kier alpha value is -6.98. The predicted molar refractivity (Wildman–Crippen MR) is 223 cm³/mol. The molecule has 0 spiro atoms. The lowest BCUT2D eigenvalue weighted by Gasteiger charge is -2.16. The molecule has 13 nitrogen and oxygen atoms in total. The van der Waals surface area contributed by atoms with Crippen LogP contribution in [-0.2, 0) is 13.2 Å². The number of halogens is 5. The molecule has 334 valence electrons. The number of pyridine rings is 2. The van der Waals surface area contributed by atoms with Crippen molar-refractivity contribution in [2.45, 2.75) is 71.8 Å². The van der Waals surface area contributed by atoms with Gasteiger partial charge in [0.1, 0.15) is 69.4 Å². The molecule has 2 aliphatic carbocycles. The largest absolute Gasteiger partial charge is 0.496 e. The van der Waals surface area contributed by atoms with Crippen molar-refractivity contribution in [3.8, 4) is 51.3 Å². The van der Waals surface area contributed by atoms with Gasteiger partial charge in [0.15, 0.2) is 11.6 Å². The predicted octanol–water partition coefficient (Wildman–Crippen LogP) is 10.1. The molecule has 0 bridgehead atoms. The van der Waals surface area contributed by atoms with Crippen LogP contribution in [0.3, 0.4) is 0 Å². The van der Waals surface area contributed by atoms with Gasteiger partial charge in [0.2, 0.25) is 0 Å². The summed E-state index contributed by atoms with van der Waals surface area (Å²) in [6.07, 6.45) is 14.4. The Morgan fingerprint density at radius 1 is 0.688 bits per heavy atom. The summed E-state index contributed by atoms with van der Waals surface area (Å²) in [6, 6.07) is 12.1. The van der Waals surface area contributed by atoms with Crippen LogP contribution in [0.2, 0.25) is 0 Å². The van der Waals surface area contributed by atoms with Gasteiger partial charge in [0.25, 0.3) is 0 Å². The van der Waals surface area contributed by atoms with Crippen molar-refractivity contribution in [2.24, 2.45) is 11.8 Å². The fraction of sp³-hybridized carbons (Fsp3) is 0.326. The summed E-state index contributed by atoms with van der Waals surface area (Å²) < 4.78 is 97.4. The zero-order chi connectivity index (χ0) is 45.1. The van der Waals surface area contributed by atoms with Crippen LogP contribution in [0.15, 0.2) is 85.7 Å². The van der Waals surface area contributed by atoms with Crippen LogP contribution in [-0.4, -0.2) is 67.3 Å². The first-order valence-corrected chi connectivity index (χ1v) is 20.6. The molecule has 2 fully saturated rings. The average Bonchev–Trinajstić information content (AvgIpc) is 4.12. The molecule has 7 aromatic rings. The van der Waals surface area contributed by atoms with E-state index in [1.54, 1.807) is 51.7 Å². The highest BCUT2D eigenvalue weighted by Gasteiger charge is 2.31. The van der Waals surface area contributed by atoms with Gasteiger partial charge in [0, 0.05) is 67.4 Å². The second-order valence-corrected chi connectivity index (χ2v) is 15.4. The highest BCUT2D eigenvalue weighted by molar-refractivity contribution is 6.03. The first kappa shape index (κ1) is 43.7. The normalized spacial score (nSPS) is 13.6. The topological polar surface area (TPSA) is 133 Å². The average molecular weight is 887 g/mol. The fourth-order valence-corrected chi connectivity index (χ4v) is 7.45. The van der Waals surface area contributed by atoms with Crippen molar-refractivity contribution >= 4 is 22.9 Å². The molecule has 0 saturated heterocycles. The van der Waals surface area contributed by atoms with Gasteiger partial charge in [-0.3, -0.25) is 18.4 Å². The highest BCUT2D eigenvalue weighted by atomic mass is 19.3. The third-order valence-corrected chi connectivity index (χ3v) is 11.0. The van der Waals surface area contributed by atoms with E-state index in [4.69, 9.17) is 18.9 Å². The zero-order valence-electron chi connectivity index (χ0n) is 35.0. The van der Waals surface area contributed by atoms with Gasteiger partial charge in [-0.2, -0.15) is 17.6 Å². The molecule has 2 aromatic carbocycles. The number of Topliss-reactive ketones (excluding diaryl/α,β-unsaturated/α-hetero) is 2. The van der Waals surface area contributed by atoms with Crippen molar-refractivity contribution < 1.29 is 55.2 Å². The first-order chi connectivity index (χ1) is 30.9. The summed E-state index contributed by atoms with van der Waals surface area (Å²) in [7, 11) is 2.77. The molecule has 5 aromatic heterocycles. The molecule has 0 radical (unpaired) electrons. The monoisotopic (exact) mass is 886 g/mol. The Bertz CT molecular complexity index is 2810. The van der Waals surface area contributed by atoms with E-state index in [1.807, 2.05) is 17.7 Å². The molecule has 0 unspecified atom stereocenters. The number of carbonyl (C=O) groups excluding carboxylic acids is 2. The number of methoxy groups -OCH3 is 2. The summed E-state index contributed by atoms with van der Waals surface area (Å²) in [5.41, 5.74) is 3.14. The number of hydrogen-bond acceptors (Lipinski definition) is 10. The standard InChI is InChI=1S/C26H26F2N4O4.C20H17F3N2O3/c1-3-31-9-7-29-24(31)15-35-18-6-8-32-19(14-30-23(32)13-18)17-11-21(34-2)25(20(33)10-16-4-5-16)22(12-17)36-26(27)28;1-27-16-7-12(14-10-24-18-9-13(21)4-5-25(14)18)8-17(28-20(22)23)19(16)15(26)6-11-2-3-11/h6-9,11-14,16,26H,3-5,10,15H2,1-2H3;4-5,7-11,20H,2-3,6H2,1H3. The van der Waals surface area contributed by atoms with Crippen molar-refractivity contribution in [2.75, 3.05) is 14.2 Å². The minimum absolute atomic E-state index is 0.0123. The number of hydrogen-bond donors (Lipinski definition) is 0. The molecule has 2 aliphatic rings. The van der Waals surface area contributed by atoms with E-state index in [1.165, 1.54) is 50.9 Å². The summed E-state index contributed by atoms with van der Waals surface area (Å²) >= 11 is 0. The Labute approximate surface area is 363 Å². The van der Waals surface area contributed by atoms with Crippen LogP contribution in [0.5, 0.6) is 28.7 Å². The number of aryl methyl sites for hydroxylation is 1. The van der Waals surface area contributed by atoms with Crippen LogP contribution >= 0.6 is 0 Å². The zero-order valence-corrected chi connectivity index (χ0v) is 35.0. The minimum Gasteiger partial charge on any atom is -0.496 e. The minimum atomic E-state index is -3.09. The van der Waals surface area contributed by atoms with E-state index < -0.39 is 19.0 Å². The Kier molecular flexibility index (Phi) is 12.8. The number of fused-ring (bicyclic) bond motifs is 2. The number of ether oxygens (including phenoxy) is 5. The summed E-state index contributed by atoms with van der Waals surface area (Å²) in [5.74, 6) is 0.904. The lowest BCUT2D eigenvalue weighted by molar-refractivity contribution is -0.0509. The molecule has 0 N–H and O–H groups in total. The number of alkyl halides is 4. The summed E-state index contributed by atoms with van der Waals surface area (Å²) in [5, 5.41) is 0. The lowest BCUT2D eigenvalue weighted by atomic mass is 10.00. The van der Waals surface area contributed by atoms with E-state index in [0.717, 1.165) is 38.1 Å². The molecular weight excluding hydrogens is 844 g/mol. The maximum Gasteiger partial charge on any atom is 0.387 e. The van der Waals surface area contributed by atoms with Gasteiger partial charge in [0.05, 0.1) is 38.0 Å². The molecule has 0 atom stereocenters. The number of nitrogens with zero attached hydrogens (tertiary/aromatic N) is 6. The first-order valence-electron chi connectivity index (χ1n) is 20.6. The Balaban J connectivity index is 0.000000181. The third-order valence-electron chi connectivity index (χ3n) is 11.0. The maximum atomic E-state index is 13.4. The summed E-state index contributed by atoms with van der Waals surface area (Å²) in [4.78, 5) is 38.4. The molecular formula is C46H43F5N6O7. The van der Waals surface area contributed by atoms with E-state index in [9.17, 15) is 31.5 Å². The fourth-order valence-electron chi connectivity index (χ4n) is 7.45. The van der Waals surface area contributed by atoms with E-state index in [-0.39, 0.29) is 64.5 Å². The summed E-state index contributed by atoms with van der Waals surface area (Å²) in [6.45, 7) is -3.03. The number of carbonyl (C=O) groups is 2. The van der Waals surface area contributed by atoms with Gasteiger partial charge in [-0.25, -0.2) is 19.3 Å². The molecule has 2 saturated carbocycles. The van der Waals surface area contributed by atoms with E-state index in [2.05, 4.69) is 19.7 Å². The van der Waals surface area contributed by atoms with Crippen molar-refractivity contribution in [1.29, 1.82) is 0 Å². The van der Waals surface area contributed by atoms with E-state index in [0.29, 0.717) is 52.1 Å². The highest BCUT2D eigenvalue weighted by Crippen LogP contribution is 2.42. The number of ketones is 2. The van der Waals surface area contributed by atoms with Crippen LogP contribution in [0.25, 0.3) is 33.8 Å². The van der Waals surface area contributed by atoms with Gasteiger partial charge in [-0.15, -0.1) is 0 Å². The van der Waals surface area contributed by atoms with Gasteiger partial charge >= 0.3 is 13.2 Å². The molecule has 0 amide bonds. The smallest absolute Gasteiger partial charge is 0.387 e. The van der Waals surface area contributed by atoms with Gasteiger partial charge in [-0.1, -0.05) is 0 Å². The van der Waals surface area contributed by atoms with Gasteiger partial charge in [-0.05, 0) is 80.8 Å². The quantitative estimate of drug-likeness (QED) is 0.0606. The molecule has 9 rings (SSSR count). The maximum absolute atomic E-state index is 13.4. The van der Waals surface area contributed by atoms with E-state index >= 15 is 0 Å². The molecule has 5 heterocycles. The second kappa shape index (κ2) is 18.8. The third kappa shape index (κ3) is 9.80. The number of rotatable bonds is 18. The lowest BCUT2D eigenvalue weighted by Crippen LogP contribution is -2.11. The molecule has 18 heteroatoms. The number of aromatic nitrogens is 6. The Morgan fingerprint density at radius 3 is 1.67 bits per heavy atom. The van der Waals surface area contributed by atoms with Crippen LogP contribution in [0.4, 0.5) is 22.0 Å². The molecule has 64 heavy (non-hydrogen) atoms. The Morgan fingerprint density at radius 2 is 1.19 bits per heavy atom. The number of imidazole rings is 3. The van der Waals surface area contributed by atoms with Crippen LogP contribution in [0.1, 0.15) is 72.0 Å². The van der Waals surface area contributed by atoms with Crippen molar-refractivity contribution in [3.63, 3.8) is 0 Å². The van der Waals surface area contributed by atoms with Crippen LogP contribution in [0, 0.1) is 17.7 Å². The SMILES string of the molecule is CCn1ccnc1COc1ccn2c(-c3cc(OC)c(C(=O)CC4CC4)c(OC(F)F)c3)cnc2c1.COc1cc(-c2cnc3cc(F)ccn23)cc(OC(F)F)c1C(=O)CC1CC1. The van der Waals surface area contributed by atoms with Crippen molar-refractivity contribution in [3.05, 3.63) is 108 Å². The van der Waals surface area contributed by atoms with Gasteiger partial charge < -0.3 is 28.3 Å².